The fourth-order valence-corrected chi connectivity index (χ4v) is 3.98. The third-order valence-corrected chi connectivity index (χ3v) is 5.67. The molecule has 0 amide bonds. The van der Waals surface area contributed by atoms with Crippen molar-refractivity contribution < 1.29 is 9.53 Å². The maximum absolute atomic E-state index is 12.4. The monoisotopic (exact) mass is 409 g/mol. The highest BCUT2D eigenvalue weighted by molar-refractivity contribution is 7.99. The second-order valence-electron chi connectivity index (χ2n) is 7.86. The van der Waals surface area contributed by atoms with Gasteiger partial charge in [-0.05, 0) is 24.1 Å². The molecule has 6 heteroatoms. The number of aromatic nitrogens is 3. The van der Waals surface area contributed by atoms with Gasteiger partial charge in [-0.15, -0.1) is 10.2 Å². The zero-order valence-corrected chi connectivity index (χ0v) is 18.2. The molecule has 0 atom stereocenters. The van der Waals surface area contributed by atoms with Crippen LogP contribution in [0.5, 0.6) is 5.75 Å². The highest BCUT2D eigenvalue weighted by Crippen LogP contribution is 2.31. The average molecular weight is 410 g/mol. The molecule has 0 fully saturated rings. The first kappa shape index (κ1) is 21.1. The van der Waals surface area contributed by atoms with E-state index in [1.54, 1.807) is 7.11 Å². The van der Waals surface area contributed by atoms with E-state index in [0.717, 1.165) is 35.3 Å². The smallest absolute Gasteiger partial charge is 0.191 e. The van der Waals surface area contributed by atoms with E-state index < -0.39 is 0 Å². The number of benzene rings is 2. The van der Waals surface area contributed by atoms with E-state index in [1.807, 2.05) is 63.2 Å². The van der Waals surface area contributed by atoms with E-state index in [1.165, 1.54) is 17.3 Å². The van der Waals surface area contributed by atoms with Crippen LogP contribution in [0.3, 0.4) is 0 Å². The summed E-state index contributed by atoms with van der Waals surface area (Å²) in [7, 11) is 1.65. The van der Waals surface area contributed by atoms with E-state index in [9.17, 15) is 4.79 Å². The quantitative estimate of drug-likeness (QED) is 0.495. The Balaban J connectivity index is 1.91. The Labute approximate surface area is 176 Å². The Bertz CT molecular complexity index is 962. The second kappa shape index (κ2) is 9.27. The van der Waals surface area contributed by atoms with Crippen molar-refractivity contribution >= 4 is 17.5 Å². The molecule has 0 bridgehead atoms. The normalized spacial score (nSPS) is 11.4. The number of hydrogen-bond acceptors (Lipinski definition) is 5. The van der Waals surface area contributed by atoms with Crippen LogP contribution in [-0.2, 0) is 17.8 Å². The SMILES string of the molecule is COc1ccccc1-c1nnc(SCC(=O)C(C)(C)C)n1CCc1ccccc1. The first-order chi connectivity index (χ1) is 13.9. The lowest BCUT2D eigenvalue weighted by atomic mass is 9.92. The third-order valence-electron chi connectivity index (χ3n) is 4.70. The van der Waals surface area contributed by atoms with Gasteiger partial charge in [0.25, 0.3) is 0 Å². The van der Waals surface area contributed by atoms with Crippen LogP contribution in [0, 0.1) is 5.41 Å². The first-order valence-electron chi connectivity index (χ1n) is 9.67. The maximum atomic E-state index is 12.4. The number of nitrogens with zero attached hydrogens (tertiary/aromatic N) is 3. The Morgan fingerprint density at radius 1 is 1.03 bits per heavy atom. The third kappa shape index (κ3) is 5.26. The van der Waals surface area contributed by atoms with Crippen molar-refractivity contribution in [2.45, 2.75) is 38.9 Å². The van der Waals surface area contributed by atoms with Crippen LogP contribution in [0.1, 0.15) is 26.3 Å². The molecule has 0 saturated carbocycles. The lowest BCUT2D eigenvalue weighted by Crippen LogP contribution is -2.22. The number of rotatable bonds is 8. The summed E-state index contributed by atoms with van der Waals surface area (Å²) < 4.78 is 7.62. The number of thioether (sulfide) groups is 1. The summed E-state index contributed by atoms with van der Waals surface area (Å²) in [6.07, 6.45) is 0.849. The summed E-state index contributed by atoms with van der Waals surface area (Å²) >= 11 is 1.45. The van der Waals surface area contributed by atoms with Crippen LogP contribution < -0.4 is 4.74 Å². The molecule has 1 aromatic heterocycles. The van der Waals surface area contributed by atoms with Gasteiger partial charge in [0, 0.05) is 12.0 Å². The minimum Gasteiger partial charge on any atom is -0.496 e. The van der Waals surface area contributed by atoms with Crippen molar-refractivity contribution in [3.05, 3.63) is 60.2 Å². The molecule has 152 valence electrons. The second-order valence-corrected chi connectivity index (χ2v) is 8.80. The molecule has 1 heterocycles. The summed E-state index contributed by atoms with van der Waals surface area (Å²) in [4.78, 5) is 12.4. The molecular weight excluding hydrogens is 382 g/mol. The van der Waals surface area contributed by atoms with Crippen molar-refractivity contribution in [1.82, 2.24) is 14.8 Å². The molecule has 0 aliphatic carbocycles. The maximum Gasteiger partial charge on any atom is 0.191 e. The van der Waals surface area contributed by atoms with Crippen LogP contribution in [0.2, 0.25) is 0 Å². The topological polar surface area (TPSA) is 57.0 Å². The molecular formula is C23H27N3O2S. The number of ether oxygens (including phenoxy) is 1. The highest BCUT2D eigenvalue weighted by Gasteiger charge is 2.23. The molecule has 3 rings (SSSR count). The summed E-state index contributed by atoms with van der Waals surface area (Å²) in [5.41, 5.74) is 1.77. The molecule has 0 saturated heterocycles. The number of methoxy groups -OCH3 is 1. The van der Waals surface area contributed by atoms with Gasteiger partial charge in [-0.2, -0.15) is 0 Å². The molecule has 0 radical (unpaired) electrons. The van der Waals surface area contributed by atoms with Gasteiger partial charge in [0.1, 0.15) is 11.5 Å². The Hall–Kier alpha value is -2.60. The van der Waals surface area contributed by atoms with Crippen LogP contribution in [0.25, 0.3) is 11.4 Å². The largest absolute Gasteiger partial charge is 0.496 e. The summed E-state index contributed by atoms with van der Waals surface area (Å²) in [6, 6.07) is 18.1. The zero-order valence-electron chi connectivity index (χ0n) is 17.4. The van der Waals surface area contributed by atoms with Crippen molar-refractivity contribution in [3.8, 4) is 17.1 Å². The molecule has 29 heavy (non-hydrogen) atoms. The number of ketones is 1. The Morgan fingerprint density at radius 3 is 2.41 bits per heavy atom. The molecule has 0 N–H and O–H groups in total. The molecule has 0 unspecified atom stereocenters. The van der Waals surface area contributed by atoms with Gasteiger partial charge in [0.15, 0.2) is 11.0 Å². The standard InChI is InChI=1S/C23H27N3O2S/c1-23(2,3)20(27)16-29-22-25-24-21(18-12-8-9-13-19(18)28-4)26(22)15-14-17-10-6-5-7-11-17/h5-13H,14-16H2,1-4H3. The number of carbonyl (C=O) groups excluding carboxylic acids is 1. The molecule has 0 spiro atoms. The van der Waals surface area contributed by atoms with Crippen LogP contribution in [0.15, 0.2) is 59.8 Å². The van der Waals surface area contributed by atoms with E-state index in [0.29, 0.717) is 5.75 Å². The number of aryl methyl sites for hydroxylation is 1. The summed E-state index contributed by atoms with van der Waals surface area (Å²) in [6.45, 7) is 6.54. The van der Waals surface area contributed by atoms with E-state index in [2.05, 4.69) is 26.9 Å². The van der Waals surface area contributed by atoms with Crippen LogP contribution >= 0.6 is 11.8 Å². The minimum absolute atomic E-state index is 0.193. The zero-order chi connectivity index (χ0) is 20.9. The molecule has 3 aromatic rings. The van der Waals surface area contributed by atoms with Crippen molar-refractivity contribution in [2.24, 2.45) is 5.41 Å². The van der Waals surface area contributed by atoms with Crippen LogP contribution in [-0.4, -0.2) is 33.4 Å². The van der Waals surface area contributed by atoms with Gasteiger partial charge in [0.2, 0.25) is 0 Å². The average Bonchev–Trinajstić information content (AvgIpc) is 3.13. The van der Waals surface area contributed by atoms with Gasteiger partial charge in [-0.3, -0.25) is 4.79 Å². The molecule has 0 aliphatic heterocycles. The van der Waals surface area contributed by atoms with Gasteiger partial charge < -0.3 is 9.30 Å². The van der Waals surface area contributed by atoms with Gasteiger partial charge in [0.05, 0.1) is 18.4 Å². The van der Waals surface area contributed by atoms with Crippen molar-refractivity contribution in [3.63, 3.8) is 0 Å². The lowest BCUT2D eigenvalue weighted by Gasteiger charge is -2.16. The molecule has 5 nitrogen and oxygen atoms in total. The summed E-state index contributed by atoms with van der Waals surface area (Å²) in [5.74, 6) is 2.07. The van der Waals surface area contributed by atoms with Crippen molar-refractivity contribution in [1.29, 1.82) is 0 Å². The Morgan fingerprint density at radius 2 is 1.72 bits per heavy atom. The number of para-hydroxylation sites is 1. The van der Waals surface area contributed by atoms with Gasteiger partial charge >= 0.3 is 0 Å². The predicted octanol–water partition coefficient (Wildman–Crippen LogP) is 4.90. The Kier molecular flexibility index (Phi) is 6.75. The van der Waals surface area contributed by atoms with Crippen molar-refractivity contribution in [2.75, 3.05) is 12.9 Å². The fourth-order valence-electron chi connectivity index (χ4n) is 2.86. The molecule has 2 aromatic carbocycles. The summed E-state index contributed by atoms with van der Waals surface area (Å²) in [5, 5.41) is 9.60. The minimum atomic E-state index is -0.368. The number of hydrogen-bond donors (Lipinski definition) is 0. The van der Waals surface area contributed by atoms with Gasteiger partial charge in [-0.25, -0.2) is 0 Å². The van der Waals surface area contributed by atoms with E-state index in [-0.39, 0.29) is 11.2 Å². The lowest BCUT2D eigenvalue weighted by molar-refractivity contribution is -0.123. The van der Waals surface area contributed by atoms with Gasteiger partial charge in [-0.1, -0.05) is 75.0 Å². The molecule has 0 aliphatic rings. The highest BCUT2D eigenvalue weighted by atomic mass is 32.2. The first-order valence-corrected chi connectivity index (χ1v) is 10.7. The predicted molar refractivity (Wildman–Crippen MR) is 117 cm³/mol. The van der Waals surface area contributed by atoms with E-state index in [4.69, 9.17) is 4.74 Å². The van der Waals surface area contributed by atoms with Crippen LogP contribution in [0.4, 0.5) is 0 Å². The fraction of sp³-hybridized carbons (Fsp3) is 0.348. The number of Topliss-reactive ketones (excluding diaryl/α,β-unsaturated/α-hetero) is 1. The number of carbonyl (C=O) groups is 1. The van der Waals surface area contributed by atoms with E-state index >= 15 is 0 Å².